The maximum Gasteiger partial charge on any atom is 0.265 e. The molecule has 1 amide bonds. The fourth-order valence-corrected chi connectivity index (χ4v) is 5.88. The van der Waals surface area contributed by atoms with Gasteiger partial charge in [-0.05, 0) is 44.2 Å². The summed E-state index contributed by atoms with van der Waals surface area (Å²) in [6, 6.07) is 5.99. The summed E-state index contributed by atoms with van der Waals surface area (Å²) in [6.45, 7) is 7.93. The van der Waals surface area contributed by atoms with Crippen LogP contribution in [-0.2, 0) is 4.79 Å². The van der Waals surface area contributed by atoms with Crippen molar-refractivity contribution >= 4 is 28.7 Å². The van der Waals surface area contributed by atoms with Gasteiger partial charge < -0.3 is 4.90 Å². The highest BCUT2D eigenvalue weighted by Gasteiger charge is 2.31. The Morgan fingerprint density at radius 2 is 2.13 bits per heavy atom. The van der Waals surface area contributed by atoms with Crippen LogP contribution in [-0.4, -0.2) is 49.0 Å². The number of hydrogen-bond donors (Lipinski definition) is 0. The molecule has 8 heteroatoms. The summed E-state index contributed by atoms with van der Waals surface area (Å²) in [6.07, 6.45) is 4.19. The number of fused-ring (bicyclic) bond motifs is 2. The van der Waals surface area contributed by atoms with E-state index in [0.29, 0.717) is 34.3 Å². The number of nitrogens with zero attached hydrogens (tertiary/aromatic N) is 5. The van der Waals surface area contributed by atoms with Crippen LogP contribution >= 0.6 is 11.8 Å². The molecule has 1 saturated heterocycles. The summed E-state index contributed by atoms with van der Waals surface area (Å²) in [5, 5.41) is 5.65. The normalized spacial score (nSPS) is 20.9. The second-order valence-corrected chi connectivity index (χ2v) is 9.90. The van der Waals surface area contributed by atoms with Crippen molar-refractivity contribution in [2.75, 3.05) is 18.8 Å². The van der Waals surface area contributed by atoms with E-state index in [4.69, 9.17) is 4.98 Å². The lowest BCUT2D eigenvalue weighted by Gasteiger charge is -2.31. The highest BCUT2D eigenvalue weighted by molar-refractivity contribution is 7.99. The van der Waals surface area contributed by atoms with Gasteiger partial charge in [0.25, 0.3) is 5.56 Å². The van der Waals surface area contributed by atoms with Gasteiger partial charge in [-0.2, -0.15) is 5.10 Å². The molecule has 1 fully saturated rings. The molecule has 2 atom stereocenters. The van der Waals surface area contributed by atoms with E-state index in [2.05, 4.69) is 25.0 Å². The number of aryl methyl sites for hydroxylation is 2. The summed E-state index contributed by atoms with van der Waals surface area (Å²) in [5.74, 6) is 1.38. The molecule has 2 unspecified atom stereocenters. The van der Waals surface area contributed by atoms with Crippen molar-refractivity contribution in [3.05, 3.63) is 45.9 Å². The minimum atomic E-state index is -0.154. The van der Waals surface area contributed by atoms with E-state index in [1.165, 1.54) is 12.0 Å². The summed E-state index contributed by atoms with van der Waals surface area (Å²) >= 11 is 1.55. The van der Waals surface area contributed by atoms with Gasteiger partial charge in [0.15, 0.2) is 10.8 Å². The number of benzene rings is 1. The first-order chi connectivity index (χ1) is 14.9. The van der Waals surface area contributed by atoms with Crippen LogP contribution in [0.25, 0.3) is 16.7 Å². The maximum absolute atomic E-state index is 13.4. The van der Waals surface area contributed by atoms with Crippen LogP contribution in [0.5, 0.6) is 0 Å². The zero-order valence-electron chi connectivity index (χ0n) is 18.2. The summed E-state index contributed by atoms with van der Waals surface area (Å²) in [4.78, 5) is 33.0. The highest BCUT2D eigenvalue weighted by Crippen LogP contribution is 2.34. The van der Waals surface area contributed by atoms with Gasteiger partial charge in [-0.25, -0.2) is 9.67 Å². The zero-order chi connectivity index (χ0) is 21.7. The lowest BCUT2D eigenvalue weighted by atomic mass is 10.00. The first kappa shape index (κ1) is 20.3. The molecule has 0 bridgehead atoms. The molecule has 3 aromatic rings. The molecule has 0 saturated carbocycles. The van der Waals surface area contributed by atoms with E-state index in [1.807, 2.05) is 24.0 Å². The predicted molar refractivity (Wildman–Crippen MR) is 122 cm³/mol. The lowest BCUT2D eigenvalue weighted by molar-refractivity contribution is -0.133. The molecule has 162 valence electrons. The SMILES string of the molecule is Cc1ccc(-n2ncc3c(=O)n4c(nc32)SCC4CC(=O)N2CCCC(C)C2)c(C)c1. The van der Waals surface area contributed by atoms with Crippen LogP contribution in [0.15, 0.2) is 34.3 Å². The Kier molecular flexibility index (Phi) is 5.12. The molecule has 1 aromatic carbocycles. The number of rotatable bonds is 3. The summed E-state index contributed by atoms with van der Waals surface area (Å²) in [5.41, 5.74) is 3.65. The Labute approximate surface area is 185 Å². The molecule has 0 radical (unpaired) electrons. The molecule has 7 nitrogen and oxygen atoms in total. The molecule has 0 spiro atoms. The Balaban J connectivity index is 1.48. The van der Waals surface area contributed by atoms with Crippen molar-refractivity contribution in [2.45, 2.75) is 51.2 Å². The zero-order valence-corrected chi connectivity index (χ0v) is 19.0. The number of piperidine rings is 1. The Morgan fingerprint density at radius 1 is 1.29 bits per heavy atom. The monoisotopic (exact) mass is 437 g/mol. The smallest absolute Gasteiger partial charge is 0.265 e. The van der Waals surface area contributed by atoms with E-state index in [0.717, 1.165) is 30.8 Å². The summed E-state index contributed by atoms with van der Waals surface area (Å²) in [7, 11) is 0. The number of carbonyl (C=O) groups is 1. The number of likely N-dealkylation sites (tertiary alicyclic amines) is 1. The van der Waals surface area contributed by atoms with Crippen molar-refractivity contribution in [3.63, 3.8) is 0 Å². The molecule has 2 aliphatic rings. The van der Waals surface area contributed by atoms with Crippen molar-refractivity contribution in [1.82, 2.24) is 24.2 Å². The van der Waals surface area contributed by atoms with Gasteiger partial charge in [0.05, 0.1) is 17.9 Å². The fraction of sp³-hybridized carbons (Fsp3) is 0.478. The third-order valence-corrected chi connectivity index (χ3v) is 7.47. The molecule has 0 aliphatic carbocycles. The minimum absolute atomic E-state index is 0.106. The standard InChI is InChI=1S/C23H27N5O2S/c1-14-6-7-19(16(3)9-14)28-21-18(11-24-28)22(30)27-17(13-31-23(27)25-21)10-20(29)26-8-4-5-15(2)12-26/h6-7,9,11,15,17H,4-5,8,10,12-13H2,1-3H3. The second-order valence-electron chi connectivity index (χ2n) is 8.91. The third kappa shape index (κ3) is 3.56. The molecule has 2 aliphatic heterocycles. The van der Waals surface area contributed by atoms with Crippen molar-refractivity contribution < 1.29 is 4.79 Å². The molecule has 2 aromatic heterocycles. The second kappa shape index (κ2) is 7.82. The van der Waals surface area contributed by atoms with Gasteiger partial charge in [-0.1, -0.05) is 36.4 Å². The van der Waals surface area contributed by atoms with Gasteiger partial charge >= 0.3 is 0 Å². The first-order valence-corrected chi connectivity index (χ1v) is 11.9. The van der Waals surface area contributed by atoms with Crippen molar-refractivity contribution in [3.8, 4) is 5.69 Å². The number of carbonyl (C=O) groups excluding carboxylic acids is 1. The highest BCUT2D eigenvalue weighted by atomic mass is 32.2. The van der Waals surface area contributed by atoms with E-state index in [-0.39, 0.29) is 17.5 Å². The van der Waals surface area contributed by atoms with E-state index >= 15 is 0 Å². The maximum atomic E-state index is 13.4. The largest absolute Gasteiger partial charge is 0.342 e. The fourth-order valence-electron chi connectivity index (χ4n) is 4.75. The van der Waals surface area contributed by atoms with Gasteiger partial charge in [0, 0.05) is 25.3 Å². The Hall–Kier alpha value is -2.61. The number of hydrogen-bond acceptors (Lipinski definition) is 5. The average Bonchev–Trinajstić information content (AvgIpc) is 3.33. The van der Waals surface area contributed by atoms with Crippen molar-refractivity contribution in [2.24, 2.45) is 5.92 Å². The topological polar surface area (TPSA) is 73.0 Å². The van der Waals surface area contributed by atoms with Crippen LogP contribution in [0.2, 0.25) is 0 Å². The van der Waals surface area contributed by atoms with Crippen LogP contribution in [0.1, 0.15) is 43.4 Å². The van der Waals surface area contributed by atoms with Crippen LogP contribution in [0.3, 0.4) is 0 Å². The Bertz CT molecular complexity index is 1230. The lowest BCUT2D eigenvalue weighted by Crippen LogP contribution is -2.40. The van der Waals surface area contributed by atoms with Crippen molar-refractivity contribution in [1.29, 1.82) is 0 Å². The molecule has 5 rings (SSSR count). The quantitative estimate of drug-likeness (QED) is 0.587. The van der Waals surface area contributed by atoms with Gasteiger partial charge in [0.1, 0.15) is 5.39 Å². The minimum Gasteiger partial charge on any atom is -0.342 e. The molecular formula is C23H27N5O2S. The molecule has 0 N–H and O–H groups in total. The van der Waals surface area contributed by atoms with E-state index in [1.54, 1.807) is 27.2 Å². The van der Waals surface area contributed by atoms with Crippen LogP contribution < -0.4 is 5.56 Å². The number of aromatic nitrogens is 4. The molecule has 31 heavy (non-hydrogen) atoms. The van der Waals surface area contributed by atoms with Crippen LogP contribution in [0, 0.1) is 19.8 Å². The van der Waals surface area contributed by atoms with Gasteiger partial charge in [-0.3, -0.25) is 14.2 Å². The van der Waals surface area contributed by atoms with E-state index in [9.17, 15) is 9.59 Å². The average molecular weight is 438 g/mol. The molecule has 4 heterocycles. The van der Waals surface area contributed by atoms with Gasteiger partial charge in [0.2, 0.25) is 5.91 Å². The van der Waals surface area contributed by atoms with E-state index < -0.39 is 0 Å². The summed E-state index contributed by atoms with van der Waals surface area (Å²) < 4.78 is 3.47. The number of amides is 1. The Morgan fingerprint density at radius 3 is 2.90 bits per heavy atom. The third-order valence-electron chi connectivity index (χ3n) is 6.37. The predicted octanol–water partition coefficient (Wildman–Crippen LogP) is 3.49. The van der Waals surface area contributed by atoms with Gasteiger partial charge in [-0.15, -0.1) is 0 Å². The molecular weight excluding hydrogens is 410 g/mol. The first-order valence-electron chi connectivity index (χ1n) is 10.9. The number of thioether (sulfide) groups is 1. The van der Waals surface area contributed by atoms with Crippen LogP contribution in [0.4, 0.5) is 0 Å².